The van der Waals surface area contributed by atoms with Gasteiger partial charge in [-0.1, -0.05) is 49.4 Å². The first-order valence-electron chi connectivity index (χ1n) is 8.10. The maximum atomic E-state index is 12.8. The molecule has 5 heteroatoms. The molecule has 0 amide bonds. The van der Waals surface area contributed by atoms with Crippen LogP contribution in [0.2, 0.25) is 0 Å². The average Bonchev–Trinajstić information content (AvgIpc) is 2.66. The first-order valence-corrected chi connectivity index (χ1v) is 8.10. The summed E-state index contributed by atoms with van der Waals surface area (Å²) in [6.45, 7) is 1.88. The predicted molar refractivity (Wildman–Crippen MR) is 94.7 cm³/mol. The second-order valence-corrected chi connectivity index (χ2v) is 5.46. The van der Waals surface area contributed by atoms with Crippen LogP contribution in [0.5, 0.6) is 5.75 Å². The monoisotopic (exact) mass is 338 g/mol. The van der Waals surface area contributed by atoms with Gasteiger partial charge in [0.25, 0.3) is 0 Å². The normalized spacial score (nSPS) is 10.6. The number of benzene rings is 2. The van der Waals surface area contributed by atoms with E-state index in [1.54, 1.807) is 24.3 Å². The van der Waals surface area contributed by atoms with Gasteiger partial charge in [0.05, 0.1) is 12.0 Å². The van der Waals surface area contributed by atoms with E-state index in [9.17, 15) is 9.59 Å². The Morgan fingerprint density at radius 2 is 1.76 bits per heavy atom. The molecule has 3 aromatic rings. The molecule has 0 fully saturated rings. The van der Waals surface area contributed by atoms with E-state index in [1.165, 1.54) is 0 Å². The zero-order chi connectivity index (χ0) is 17.6. The number of carbonyl (C=O) groups is 1. The second kappa shape index (κ2) is 7.66. The van der Waals surface area contributed by atoms with Crippen LogP contribution in [-0.2, 0) is 9.53 Å². The van der Waals surface area contributed by atoms with Gasteiger partial charge in [-0.3, -0.25) is 4.79 Å². The molecule has 0 aliphatic carbocycles. The largest absolute Gasteiger partial charge is 0.474 e. The molecule has 0 radical (unpaired) electrons. The van der Waals surface area contributed by atoms with Crippen LogP contribution < -0.4 is 10.2 Å². The number of rotatable bonds is 6. The van der Waals surface area contributed by atoms with Crippen molar-refractivity contribution >= 4 is 16.9 Å². The lowest BCUT2D eigenvalue weighted by molar-refractivity contribution is -0.146. The number of ether oxygens (including phenoxy) is 2. The van der Waals surface area contributed by atoms with Gasteiger partial charge in [-0.25, -0.2) is 4.79 Å². The van der Waals surface area contributed by atoms with Crippen molar-refractivity contribution in [3.8, 4) is 17.1 Å². The summed E-state index contributed by atoms with van der Waals surface area (Å²) in [6, 6.07) is 16.1. The molecular weight excluding hydrogens is 320 g/mol. The van der Waals surface area contributed by atoms with Gasteiger partial charge in [0.15, 0.2) is 12.4 Å². The summed E-state index contributed by atoms with van der Waals surface area (Å²) in [7, 11) is 0. The Labute approximate surface area is 144 Å². The third-order valence-corrected chi connectivity index (χ3v) is 3.59. The van der Waals surface area contributed by atoms with E-state index in [2.05, 4.69) is 0 Å². The fourth-order valence-electron chi connectivity index (χ4n) is 2.42. The van der Waals surface area contributed by atoms with E-state index >= 15 is 0 Å². The number of hydrogen-bond donors (Lipinski definition) is 0. The number of esters is 1. The molecule has 0 saturated heterocycles. The highest BCUT2D eigenvalue weighted by molar-refractivity contribution is 5.82. The van der Waals surface area contributed by atoms with Gasteiger partial charge in [-0.2, -0.15) is 0 Å². The Morgan fingerprint density at radius 1 is 1.04 bits per heavy atom. The van der Waals surface area contributed by atoms with Gasteiger partial charge in [0.1, 0.15) is 5.58 Å². The van der Waals surface area contributed by atoms with Crippen LogP contribution >= 0.6 is 0 Å². The molecule has 0 aliphatic rings. The van der Waals surface area contributed by atoms with E-state index in [0.29, 0.717) is 28.9 Å². The Hall–Kier alpha value is -3.08. The van der Waals surface area contributed by atoms with Crippen molar-refractivity contribution in [2.75, 3.05) is 13.2 Å². The SMILES string of the molecule is CCCOC(=O)COc1c(-c2ccccc2)oc2ccccc2c1=O. The molecule has 3 rings (SSSR count). The number of carbonyl (C=O) groups excluding carboxylic acids is 1. The van der Waals surface area contributed by atoms with Gasteiger partial charge < -0.3 is 13.9 Å². The third kappa shape index (κ3) is 3.71. The van der Waals surface area contributed by atoms with Crippen molar-refractivity contribution in [1.82, 2.24) is 0 Å². The Bertz CT molecular complexity index is 928. The van der Waals surface area contributed by atoms with Crippen LogP contribution in [0.3, 0.4) is 0 Å². The summed E-state index contributed by atoms with van der Waals surface area (Å²) in [5.41, 5.74) is 0.846. The van der Waals surface area contributed by atoms with Gasteiger partial charge in [0.2, 0.25) is 11.2 Å². The zero-order valence-electron chi connectivity index (χ0n) is 13.9. The summed E-state index contributed by atoms with van der Waals surface area (Å²) in [4.78, 5) is 24.5. The van der Waals surface area contributed by atoms with Crippen molar-refractivity contribution in [2.45, 2.75) is 13.3 Å². The molecule has 0 atom stereocenters. The highest BCUT2D eigenvalue weighted by Crippen LogP contribution is 2.30. The average molecular weight is 338 g/mol. The lowest BCUT2D eigenvalue weighted by Crippen LogP contribution is -2.19. The molecule has 0 N–H and O–H groups in total. The molecule has 0 unspecified atom stereocenters. The van der Waals surface area contributed by atoms with Crippen LogP contribution in [0.25, 0.3) is 22.3 Å². The van der Waals surface area contributed by atoms with Crippen molar-refractivity contribution in [3.05, 3.63) is 64.8 Å². The van der Waals surface area contributed by atoms with E-state index in [1.807, 2.05) is 37.3 Å². The summed E-state index contributed by atoms with van der Waals surface area (Å²) < 4.78 is 16.4. The van der Waals surface area contributed by atoms with Crippen LogP contribution in [0.4, 0.5) is 0 Å². The highest BCUT2D eigenvalue weighted by Gasteiger charge is 2.18. The quantitative estimate of drug-likeness (QED) is 0.640. The Morgan fingerprint density at radius 3 is 2.52 bits per heavy atom. The fourth-order valence-corrected chi connectivity index (χ4v) is 2.42. The first-order chi connectivity index (χ1) is 12.2. The van der Waals surface area contributed by atoms with Gasteiger partial charge in [-0.15, -0.1) is 0 Å². The molecule has 128 valence electrons. The molecule has 1 heterocycles. The minimum atomic E-state index is -0.520. The van der Waals surface area contributed by atoms with E-state index in [-0.39, 0.29) is 17.8 Å². The number of hydrogen-bond acceptors (Lipinski definition) is 5. The van der Waals surface area contributed by atoms with Gasteiger partial charge >= 0.3 is 5.97 Å². The topological polar surface area (TPSA) is 65.7 Å². The summed E-state index contributed by atoms with van der Waals surface area (Å²) in [5, 5.41) is 0.402. The van der Waals surface area contributed by atoms with Gasteiger partial charge in [-0.05, 0) is 18.6 Å². The molecule has 5 nitrogen and oxygen atoms in total. The number of fused-ring (bicyclic) bond motifs is 1. The molecule has 0 saturated carbocycles. The van der Waals surface area contributed by atoms with Crippen molar-refractivity contribution in [1.29, 1.82) is 0 Å². The molecule has 2 aromatic carbocycles. The molecule has 0 spiro atoms. The predicted octanol–water partition coefficient (Wildman–Crippen LogP) is 3.79. The molecule has 0 bridgehead atoms. The highest BCUT2D eigenvalue weighted by atomic mass is 16.6. The summed E-state index contributed by atoms with van der Waals surface area (Å²) in [6.07, 6.45) is 0.721. The Balaban J connectivity index is 2.03. The fraction of sp³-hybridized carbons (Fsp3) is 0.200. The standard InChI is InChI=1S/C20H18O5/c1-2-12-23-17(21)13-24-20-18(22)15-10-6-7-11-16(15)25-19(20)14-8-4-3-5-9-14/h3-11H,2,12-13H2,1H3. The summed E-state index contributed by atoms with van der Waals surface area (Å²) >= 11 is 0. The van der Waals surface area contributed by atoms with E-state index in [4.69, 9.17) is 13.9 Å². The smallest absolute Gasteiger partial charge is 0.344 e. The van der Waals surface area contributed by atoms with Crippen LogP contribution in [0.1, 0.15) is 13.3 Å². The van der Waals surface area contributed by atoms with Gasteiger partial charge in [0, 0.05) is 5.56 Å². The van der Waals surface area contributed by atoms with E-state index < -0.39 is 5.97 Å². The van der Waals surface area contributed by atoms with Crippen molar-refractivity contribution in [2.24, 2.45) is 0 Å². The molecule has 25 heavy (non-hydrogen) atoms. The van der Waals surface area contributed by atoms with Crippen molar-refractivity contribution < 1.29 is 18.7 Å². The molecule has 0 aliphatic heterocycles. The Kier molecular flexibility index (Phi) is 5.14. The lowest BCUT2D eigenvalue weighted by Gasteiger charge is -2.11. The lowest BCUT2D eigenvalue weighted by atomic mass is 10.1. The minimum Gasteiger partial charge on any atom is -0.474 e. The molecule has 1 aromatic heterocycles. The maximum absolute atomic E-state index is 12.8. The number of para-hydroxylation sites is 1. The van der Waals surface area contributed by atoms with Crippen LogP contribution in [-0.4, -0.2) is 19.2 Å². The van der Waals surface area contributed by atoms with Crippen molar-refractivity contribution in [3.63, 3.8) is 0 Å². The summed E-state index contributed by atoms with van der Waals surface area (Å²) in [5.74, 6) is -0.209. The zero-order valence-corrected chi connectivity index (χ0v) is 13.9. The second-order valence-electron chi connectivity index (χ2n) is 5.46. The maximum Gasteiger partial charge on any atom is 0.344 e. The third-order valence-electron chi connectivity index (χ3n) is 3.59. The van der Waals surface area contributed by atoms with Crippen LogP contribution in [0.15, 0.2) is 63.8 Å². The van der Waals surface area contributed by atoms with E-state index in [0.717, 1.165) is 6.42 Å². The minimum absolute atomic E-state index is 0.0124. The van der Waals surface area contributed by atoms with Crippen LogP contribution in [0, 0.1) is 0 Å². The first kappa shape index (κ1) is 16.8. The molecular formula is C20H18O5.